The van der Waals surface area contributed by atoms with Gasteiger partial charge in [0, 0.05) is 17.4 Å². The number of anilines is 1. The summed E-state index contributed by atoms with van der Waals surface area (Å²) in [7, 11) is 0. The molecule has 1 amide bonds. The molecule has 1 N–H and O–H groups in total. The van der Waals surface area contributed by atoms with Crippen LogP contribution in [0.1, 0.15) is 11.1 Å². The molecule has 8 nitrogen and oxygen atoms in total. The van der Waals surface area contributed by atoms with Gasteiger partial charge in [-0.15, -0.1) is 10.2 Å². The lowest BCUT2D eigenvalue weighted by Crippen LogP contribution is -2.20. The normalized spacial score (nSPS) is 10.9. The highest BCUT2D eigenvalue weighted by Gasteiger charge is 2.12. The maximum atomic E-state index is 12.5. The molecule has 5 rings (SSSR count). The third kappa shape index (κ3) is 4.61. The molecule has 8 heteroatoms. The molecule has 0 aliphatic heterocycles. The molecule has 0 unspecified atom stereocenters. The lowest BCUT2D eigenvalue weighted by molar-refractivity contribution is -0.118. The quantitative estimate of drug-likeness (QED) is 0.410. The Hall–Kier alpha value is -4.59. The number of benzene rings is 2. The lowest BCUT2D eigenvalue weighted by Gasteiger charge is -2.10. The minimum absolute atomic E-state index is 0.0779. The summed E-state index contributed by atoms with van der Waals surface area (Å²) in [4.78, 5) is 16.8. The van der Waals surface area contributed by atoms with Crippen molar-refractivity contribution in [3.05, 3.63) is 90.1 Å². The molecule has 3 aromatic heterocycles. The van der Waals surface area contributed by atoms with E-state index in [2.05, 4.69) is 26.6 Å². The molecule has 3 heterocycles. The largest absolute Gasteiger partial charge is 0.484 e. The number of aryl methyl sites for hydroxylation is 2. The first-order valence-corrected chi connectivity index (χ1v) is 10.8. The fraction of sp³-hybridized carbons (Fsp3) is 0.115. The third-order valence-electron chi connectivity index (χ3n) is 5.16. The Kier molecular flexibility index (Phi) is 5.70. The molecule has 0 radical (unpaired) electrons. The van der Waals surface area contributed by atoms with Crippen LogP contribution >= 0.6 is 0 Å². The minimum atomic E-state index is -0.240. The molecule has 0 atom stereocenters. The number of ether oxygens (including phenoxy) is 1. The molecule has 2 aromatic carbocycles. The monoisotopic (exact) mass is 450 g/mol. The Labute approximate surface area is 196 Å². The van der Waals surface area contributed by atoms with Crippen molar-refractivity contribution in [1.29, 1.82) is 0 Å². The van der Waals surface area contributed by atoms with Gasteiger partial charge in [0.2, 0.25) is 5.82 Å². The van der Waals surface area contributed by atoms with Crippen LogP contribution in [-0.2, 0) is 4.79 Å². The van der Waals surface area contributed by atoms with Crippen LogP contribution in [0.4, 0.5) is 5.69 Å². The summed E-state index contributed by atoms with van der Waals surface area (Å²) in [5, 5.41) is 16.0. The summed E-state index contributed by atoms with van der Waals surface area (Å²) in [6, 6.07) is 22.7. The van der Waals surface area contributed by atoms with Crippen LogP contribution in [0, 0.1) is 13.8 Å². The van der Waals surface area contributed by atoms with Crippen molar-refractivity contribution in [2.24, 2.45) is 0 Å². The Bertz CT molecular complexity index is 1460. The zero-order chi connectivity index (χ0) is 23.5. The molecule has 168 valence electrons. The first-order valence-electron chi connectivity index (χ1n) is 10.8. The van der Waals surface area contributed by atoms with Gasteiger partial charge in [0.15, 0.2) is 12.3 Å². The minimum Gasteiger partial charge on any atom is -0.484 e. The second kappa shape index (κ2) is 9.11. The summed E-state index contributed by atoms with van der Waals surface area (Å²) >= 11 is 0. The van der Waals surface area contributed by atoms with Crippen LogP contribution < -0.4 is 10.1 Å². The number of pyridine rings is 1. The first kappa shape index (κ1) is 21.3. The lowest BCUT2D eigenvalue weighted by atomic mass is 10.1. The predicted octanol–water partition coefficient (Wildman–Crippen LogP) is 4.49. The zero-order valence-electron chi connectivity index (χ0n) is 18.8. The average Bonchev–Trinajstić information content (AvgIpc) is 3.26. The highest BCUT2D eigenvalue weighted by Crippen LogP contribution is 2.23. The molecule has 0 spiro atoms. The van der Waals surface area contributed by atoms with Crippen molar-refractivity contribution in [1.82, 2.24) is 24.8 Å². The van der Waals surface area contributed by atoms with E-state index < -0.39 is 0 Å². The molecule has 0 saturated carbocycles. The van der Waals surface area contributed by atoms with E-state index in [-0.39, 0.29) is 12.5 Å². The van der Waals surface area contributed by atoms with E-state index in [1.165, 1.54) is 0 Å². The number of hydrogen-bond donors (Lipinski definition) is 1. The smallest absolute Gasteiger partial charge is 0.262 e. The third-order valence-corrected chi connectivity index (χ3v) is 5.16. The van der Waals surface area contributed by atoms with Crippen molar-refractivity contribution < 1.29 is 9.53 Å². The molecule has 0 bridgehead atoms. The number of nitrogens with zero attached hydrogens (tertiary/aromatic N) is 5. The topological polar surface area (TPSA) is 94.3 Å². The molecular weight excluding hydrogens is 428 g/mol. The van der Waals surface area contributed by atoms with Gasteiger partial charge in [-0.3, -0.25) is 9.78 Å². The highest BCUT2D eigenvalue weighted by molar-refractivity contribution is 5.92. The van der Waals surface area contributed by atoms with E-state index in [0.717, 1.165) is 16.7 Å². The van der Waals surface area contributed by atoms with Crippen LogP contribution in [0.15, 0.2) is 79.0 Å². The van der Waals surface area contributed by atoms with Crippen molar-refractivity contribution in [2.75, 3.05) is 11.9 Å². The summed E-state index contributed by atoms with van der Waals surface area (Å²) in [5.74, 6) is 0.998. The first-order chi connectivity index (χ1) is 16.5. The van der Waals surface area contributed by atoms with Crippen LogP contribution in [0.3, 0.4) is 0 Å². The van der Waals surface area contributed by atoms with E-state index in [0.29, 0.717) is 34.3 Å². The SMILES string of the molecule is Cc1cc(C)cc(OCC(=O)Nc2cccc(-c3ccc4nnc(-c5ccccn5)n4n3)c2)c1. The van der Waals surface area contributed by atoms with E-state index in [1.54, 1.807) is 10.7 Å². The molecule has 34 heavy (non-hydrogen) atoms. The van der Waals surface area contributed by atoms with Crippen LogP contribution in [0.5, 0.6) is 5.75 Å². The summed E-state index contributed by atoms with van der Waals surface area (Å²) in [6.07, 6.45) is 1.70. The van der Waals surface area contributed by atoms with Gasteiger partial charge in [0.25, 0.3) is 5.91 Å². The van der Waals surface area contributed by atoms with Crippen LogP contribution in [-0.4, -0.2) is 37.3 Å². The van der Waals surface area contributed by atoms with Gasteiger partial charge in [-0.25, -0.2) is 0 Å². The van der Waals surface area contributed by atoms with Gasteiger partial charge >= 0.3 is 0 Å². The zero-order valence-corrected chi connectivity index (χ0v) is 18.8. The van der Waals surface area contributed by atoms with E-state index in [4.69, 9.17) is 9.84 Å². The molecule has 0 aliphatic rings. The van der Waals surface area contributed by atoms with Crippen LogP contribution in [0.25, 0.3) is 28.4 Å². The van der Waals surface area contributed by atoms with Gasteiger partial charge in [-0.05, 0) is 73.5 Å². The summed E-state index contributed by atoms with van der Waals surface area (Å²) in [6.45, 7) is 3.91. The van der Waals surface area contributed by atoms with E-state index in [9.17, 15) is 4.79 Å². The Morgan fingerprint density at radius 3 is 2.56 bits per heavy atom. The fourth-order valence-corrected chi connectivity index (χ4v) is 3.72. The Morgan fingerprint density at radius 2 is 1.76 bits per heavy atom. The van der Waals surface area contributed by atoms with Crippen molar-refractivity contribution >= 4 is 17.2 Å². The van der Waals surface area contributed by atoms with Gasteiger partial charge in [0.05, 0.1) is 5.69 Å². The average molecular weight is 451 g/mol. The number of aromatic nitrogens is 5. The Balaban J connectivity index is 1.34. The maximum absolute atomic E-state index is 12.5. The molecule has 0 aliphatic carbocycles. The predicted molar refractivity (Wildman–Crippen MR) is 129 cm³/mol. The number of rotatable bonds is 6. The van der Waals surface area contributed by atoms with Gasteiger partial charge in [-0.1, -0.05) is 24.3 Å². The summed E-state index contributed by atoms with van der Waals surface area (Å²) in [5.41, 5.74) is 5.70. The number of carbonyl (C=O) groups excluding carboxylic acids is 1. The van der Waals surface area contributed by atoms with E-state index in [1.807, 2.05) is 80.6 Å². The van der Waals surface area contributed by atoms with Gasteiger partial charge in [-0.2, -0.15) is 9.61 Å². The second-order valence-electron chi connectivity index (χ2n) is 7.97. The maximum Gasteiger partial charge on any atom is 0.262 e. The standard InChI is InChI=1S/C26H22N6O2/c1-17-12-18(2)14-21(13-17)34-16-25(33)28-20-7-5-6-19(15-20)22-9-10-24-29-30-26(32(24)31-22)23-8-3-4-11-27-23/h3-15H,16H2,1-2H3,(H,28,33). The number of hydrogen-bond acceptors (Lipinski definition) is 6. The Morgan fingerprint density at radius 1 is 0.912 bits per heavy atom. The molecular formula is C26H22N6O2. The number of fused-ring (bicyclic) bond motifs is 1. The fourth-order valence-electron chi connectivity index (χ4n) is 3.72. The van der Waals surface area contributed by atoms with Crippen molar-refractivity contribution in [2.45, 2.75) is 13.8 Å². The molecule has 5 aromatic rings. The highest BCUT2D eigenvalue weighted by atomic mass is 16.5. The molecule has 0 fully saturated rings. The van der Waals surface area contributed by atoms with Crippen molar-refractivity contribution in [3.63, 3.8) is 0 Å². The number of carbonyl (C=O) groups is 1. The molecule has 0 saturated heterocycles. The number of nitrogens with one attached hydrogen (secondary N) is 1. The number of amides is 1. The van der Waals surface area contributed by atoms with Gasteiger partial charge < -0.3 is 10.1 Å². The second-order valence-corrected chi connectivity index (χ2v) is 7.97. The van der Waals surface area contributed by atoms with Crippen LogP contribution in [0.2, 0.25) is 0 Å². The summed E-state index contributed by atoms with van der Waals surface area (Å²) < 4.78 is 7.33. The van der Waals surface area contributed by atoms with E-state index >= 15 is 0 Å². The van der Waals surface area contributed by atoms with Crippen molar-refractivity contribution in [3.8, 4) is 28.5 Å². The van der Waals surface area contributed by atoms with Gasteiger partial charge in [0.1, 0.15) is 11.4 Å².